The fourth-order valence-electron chi connectivity index (χ4n) is 10.5. The lowest BCUT2D eigenvalue weighted by Crippen LogP contribution is -2.41. The highest BCUT2D eigenvalue weighted by Gasteiger charge is 2.51. The zero-order chi connectivity index (χ0) is 54.7. The predicted octanol–water partition coefficient (Wildman–Crippen LogP) is 15.0. The van der Waals surface area contributed by atoms with Crippen molar-refractivity contribution in [1.82, 2.24) is 0 Å². The first-order valence-electron chi connectivity index (χ1n) is 27.4. The van der Waals surface area contributed by atoms with Gasteiger partial charge in [0.2, 0.25) is 0 Å². The van der Waals surface area contributed by atoms with Gasteiger partial charge in [-0.25, -0.2) is 0 Å². The van der Waals surface area contributed by atoms with E-state index < -0.39 is 11.2 Å². The van der Waals surface area contributed by atoms with Crippen LogP contribution in [0.25, 0.3) is 23.3 Å². The van der Waals surface area contributed by atoms with E-state index in [0.717, 1.165) is 64.7 Å². The molecule has 5 aromatic carbocycles. The summed E-state index contributed by atoms with van der Waals surface area (Å²) in [6.07, 6.45) is 15.1. The number of ether oxygens (including phenoxy) is 2. The van der Waals surface area contributed by atoms with Crippen LogP contribution < -0.4 is 10.2 Å². The van der Waals surface area contributed by atoms with Crippen LogP contribution in [0.3, 0.4) is 0 Å². The maximum absolute atomic E-state index is 11.8. The normalized spacial score (nSPS) is 14.9. The Morgan fingerprint density at radius 3 is 1.32 bits per heavy atom. The van der Waals surface area contributed by atoms with Gasteiger partial charge in [0.15, 0.2) is 0 Å². The van der Waals surface area contributed by atoms with E-state index >= 15 is 0 Å². The Balaban J connectivity index is 0.000000276. The number of hydrogen-bond acceptors (Lipinski definition) is 7. The third-order valence-corrected chi connectivity index (χ3v) is 17.2. The van der Waals surface area contributed by atoms with E-state index in [0.29, 0.717) is 25.7 Å². The lowest BCUT2D eigenvalue weighted by Gasteiger charge is -2.34. The number of aliphatic hydroxyl groups is 2. The van der Waals surface area contributed by atoms with Crippen molar-refractivity contribution in [2.75, 3.05) is 14.2 Å². The largest absolute Gasteiger partial charge is 0.496 e. The molecule has 8 heteroatoms. The molecule has 0 unspecified atom stereocenters. The zero-order valence-electron chi connectivity index (χ0n) is 48.0. The average molecular weight is 1010 g/mol. The Morgan fingerprint density at radius 1 is 0.554 bits per heavy atom. The first kappa shape index (κ1) is 59.6. The fourth-order valence-corrected chi connectivity index (χ4v) is 10.5. The van der Waals surface area contributed by atoms with Gasteiger partial charge in [-0.05, 0) is 166 Å². The Kier molecular flexibility index (Phi) is 20.2. The van der Waals surface area contributed by atoms with Gasteiger partial charge in [0.05, 0.1) is 43.0 Å². The molecule has 1 fully saturated rings. The van der Waals surface area contributed by atoms with Gasteiger partial charge < -0.3 is 29.0 Å². The lowest BCUT2D eigenvalue weighted by molar-refractivity contribution is -0.139. The molecule has 1 aliphatic rings. The van der Waals surface area contributed by atoms with Crippen molar-refractivity contribution in [2.24, 2.45) is 0 Å². The second-order valence-electron chi connectivity index (χ2n) is 21.6. The number of carbonyl (C=O) groups excluding carboxylic acids is 1. The van der Waals surface area contributed by atoms with Crippen LogP contribution in [0, 0.1) is 13.8 Å². The molecule has 7 nitrogen and oxygen atoms in total. The highest BCUT2D eigenvalue weighted by molar-refractivity contribution is 6.62. The third kappa shape index (κ3) is 13.0. The maximum Gasteiger partial charge on any atom is 0.494 e. The van der Waals surface area contributed by atoms with Crippen molar-refractivity contribution in [3.63, 3.8) is 0 Å². The number of benzene rings is 5. The summed E-state index contributed by atoms with van der Waals surface area (Å²) in [5, 5.41) is 21.3. The van der Waals surface area contributed by atoms with Gasteiger partial charge in [0.1, 0.15) is 5.75 Å². The molecule has 398 valence electrons. The molecule has 0 atom stereocenters. The quantitative estimate of drug-likeness (QED) is 0.0558. The van der Waals surface area contributed by atoms with Crippen LogP contribution in [0.4, 0.5) is 0 Å². The standard InChI is InChI=1S/C35H44O4.C31H45BO3/c1-8-34(37,9-2)21-20-27-13-18-30(22-25(27)5)35(10-3,11-4)29-16-14-28(15-17-29)31-23-26(24-33(36)39-7)12-19-32(31)38-6;1-10-30(33,11-2)21-20-24-14-15-26(22-23(24)5)31(12-3,13-4)25-16-18-27(19-17-25)32-34-28(6,7)29(8,9)35-32/h12-23,37H,8-11,24H2,1-7H3;14-22,33H,10-13H2,1-9H3/b2*21-20+. The highest BCUT2D eigenvalue weighted by Crippen LogP contribution is 2.43. The molecule has 1 aliphatic heterocycles. The van der Waals surface area contributed by atoms with E-state index in [2.05, 4.69) is 166 Å². The Labute approximate surface area is 447 Å². The minimum Gasteiger partial charge on any atom is -0.496 e. The van der Waals surface area contributed by atoms with Crippen LogP contribution in [-0.2, 0) is 36.1 Å². The van der Waals surface area contributed by atoms with Crippen LogP contribution in [0.15, 0.2) is 115 Å². The summed E-state index contributed by atoms with van der Waals surface area (Å²) in [5.74, 6) is 0.506. The summed E-state index contributed by atoms with van der Waals surface area (Å²) in [4.78, 5) is 11.8. The van der Waals surface area contributed by atoms with Crippen LogP contribution in [0.2, 0.25) is 0 Å². The van der Waals surface area contributed by atoms with Crippen LogP contribution in [-0.4, -0.2) is 59.9 Å². The van der Waals surface area contributed by atoms with E-state index in [-0.39, 0.29) is 41.5 Å². The minimum absolute atomic E-state index is 0.0605. The molecule has 0 bridgehead atoms. The first-order chi connectivity index (χ1) is 35.0. The van der Waals surface area contributed by atoms with Crippen LogP contribution in [0.1, 0.15) is 185 Å². The number of methoxy groups -OCH3 is 2. The molecule has 2 N–H and O–H groups in total. The predicted molar refractivity (Wildman–Crippen MR) is 311 cm³/mol. The second-order valence-corrected chi connectivity index (χ2v) is 21.6. The average Bonchev–Trinajstić information content (AvgIpc) is 3.64. The number of esters is 1. The smallest absolute Gasteiger partial charge is 0.494 e. The second kappa shape index (κ2) is 25.1. The maximum atomic E-state index is 11.8. The Bertz CT molecular complexity index is 2660. The molecule has 5 aromatic rings. The molecular weight excluding hydrogens is 916 g/mol. The number of carbonyl (C=O) groups is 1. The van der Waals surface area contributed by atoms with Crippen LogP contribution >= 0.6 is 0 Å². The summed E-state index contributed by atoms with van der Waals surface area (Å²) >= 11 is 0. The summed E-state index contributed by atoms with van der Waals surface area (Å²) in [5.41, 5.74) is 11.5. The summed E-state index contributed by atoms with van der Waals surface area (Å²) in [6.45, 7) is 29.8. The molecule has 0 saturated carbocycles. The first-order valence-corrected chi connectivity index (χ1v) is 27.4. The summed E-state index contributed by atoms with van der Waals surface area (Å²) < 4.78 is 23.0. The number of hydrogen-bond donors (Lipinski definition) is 2. The molecule has 0 radical (unpaired) electrons. The van der Waals surface area contributed by atoms with Gasteiger partial charge in [0.25, 0.3) is 0 Å². The van der Waals surface area contributed by atoms with Crippen molar-refractivity contribution >= 4 is 30.7 Å². The molecule has 0 amide bonds. The van der Waals surface area contributed by atoms with Crippen molar-refractivity contribution in [2.45, 2.75) is 188 Å². The van der Waals surface area contributed by atoms with Gasteiger partial charge >= 0.3 is 13.1 Å². The van der Waals surface area contributed by atoms with Gasteiger partial charge in [0, 0.05) is 16.4 Å². The molecule has 6 rings (SSSR count). The van der Waals surface area contributed by atoms with Gasteiger partial charge in [-0.3, -0.25) is 4.79 Å². The highest BCUT2D eigenvalue weighted by atomic mass is 16.7. The Morgan fingerprint density at radius 2 is 0.959 bits per heavy atom. The van der Waals surface area contributed by atoms with Gasteiger partial charge in [-0.1, -0.05) is 171 Å². The van der Waals surface area contributed by atoms with Gasteiger partial charge in [-0.2, -0.15) is 0 Å². The molecular formula is C66H89BO7. The molecule has 0 spiro atoms. The van der Waals surface area contributed by atoms with E-state index in [4.69, 9.17) is 18.8 Å². The number of aryl methyl sites for hydroxylation is 2. The third-order valence-electron chi connectivity index (χ3n) is 17.2. The van der Waals surface area contributed by atoms with E-state index in [1.807, 2.05) is 58.0 Å². The zero-order valence-corrected chi connectivity index (χ0v) is 48.0. The van der Waals surface area contributed by atoms with Crippen molar-refractivity contribution in [3.05, 3.63) is 165 Å². The number of rotatable bonds is 21. The van der Waals surface area contributed by atoms with E-state index in [1.165, 1.54) is 40.5 Å². The summed E-state index contributed by atoms with van der Waals surface area (Å²) in [7, 11) is 2.73. The monoisotopic (exact) mass is 1000 g/mol. The van der Waals surface area contributed by atoms with Crippen molar-refractivity contribution in [3.8, 4) is 16.9 Å². The van der Waals surface area contributed by atoms with Crippen molar-refractivity contribution < 1.29 is 33.8 Å². The minimum atomic E-state index is -0.759. The summed E-state index contributed by atoms with van der Waals surface area (Å²) in [6, 6.07) is 36.9. The van der Waals surface area contributed by atoms with Crippen LogP contribution in [0.5, 0.6) is 5.75 Å². The Hall–Kier alpha value is -5.25. The fraction of sp³-hybridized carbons (Fsp3) is 0.470. The molecule has 1 saturated heterocycles. The van der Waals surface area contributed by atoms with Gasteiger partial charge in [-0.15, -0.1) is 0 Å². The molecule has 0 aromatic heterocycles. The van der Waals surface area contributed by atoms with Crippen molar-refractivity contribution in [1.29, 1.82) is 0 Å². The SMILES string of the molecule is CCC(O)(/C=C/c1ccc(C(CC)(CC)c2ccc(-c3cc(CC(=O)OC)ccc3OC)cc2)cc1C)CC.CCC(O)(/C=C/c1ccc(C(CC)(CC)c2ccc(B3OC(C)(C)C(C)(C)O3)cc2)cc1C)CC. The topological polar surface area (TPSA) is 94.5 Å². The molecule has 1 heterocycles. The molecule has 74 heavy (non-hydrogen) atoms. The van der Waals surface area contributed by atoms with E-state index in [9.17, 15) is 15.0 Å². The van der Waals surface area contributed by atoms with E-state index in [1.54, 1.807) is 7.11 Å². The lowest BCUT2D eigenvalue weighted by atomic mass is 9.69. The molecule has 0 aliphatic carbocycles.